The normalized spacial score (nSPS) is 11.4. The highest BCUT2D eigenvalue weighted by Gasteiger charge is 2.11. The van der Waals surface area contributed by atoms with Crippen molar-refractivity contribution in [2.24, 2.45) is 0 Å². The van der Waals surface area contributed by atoms with E-state index in [4.69, 9.17) is 0 Å². The van der Waals surface area contributed by atoms with Crippen molar-refractivity contribution in [3.8, 4) is 0 Å². The Morgan fingerprint density at radius 3 is 2.69 bits per heavy atom. The lowest BCUT2D eigenvalue weighted by atomic mass is 10.2. The van der Waals surface area contributed by atoms with E-state index in [1.54, 1.807) is 29.0 Å². The zero-order chi connectivity index (χ0) is 18.1. The van der Waals surface area contributed by atoms with Crippen LogP contribution in [0, 0.1) is 0 Å². The standard InChI is InChI=1S/C18H17N5O2S/c1-2-21-16(24)13-7-3-4-8-14(13)19-17(21)26-12-11-23-18(25)22-10-6-5-9-15(22)20-23/h3-10H,2,11-12H2,1H3. The minimum absolute atomic E-state index is 0.0366. The van der Waals surface area contributed by atoms with Gasteiger partial charge in [-0.2, -0.15) is 0 Å². The quantitative estimate of drug-likeness (QED) is 0.398. The molecule has 0 radical (unpaired) electrons. The predicted molar refractivity (Wildman–Crippen MR) is 102 cm³/mol. The van der Waals surface area contributed by atoms with Crippen molar-refractivity contribution in [3.05, 3.63) is 69.5 Å². The molecule has 0 unspecified atom stereocenters. The van der Waals surface area contributed by atoms with Crippen LogP contribution in [0.2, 0.25) is 0 Å². The number of pyridine rings is 1. The summed E-state index contributed by atoms with van der Waals surface area (Å²) < 4.78 is 4.62. The van der Waals surface area contributed by atoms with Crippen LogP contribution in [0.15, 0.2) is 63.4 Å². The minimum atomic E-state index is -0.166. The first-order chi connectivity index (χ1) is 12.7. The lowest BCUT2D eigenvalue weighted by Crippen LogP contribution is -2.24. The first-order valence-electron chi connectivity index (χ1n) is 8.35. The Morgan fingerprint density at radius 2 is 1.88 bits per heavy atom. The molecule has 4 aromatic rings. The van der Waals surface area contributed by atoms with E-state index >= 15 is 0 Å². The summed E-state index contributed by atoms with van der Waals surface area (Å²) in [4.78, 5) is 29.5. The second kappa shape index (κ2) is 6.80. The average Bonchev–Trinajstić information content (AvgIpc) is 2.98. The SMILES string of the molecule is CCn1c(SCCn2nc3ccccn3c2=O)nc2ccccc2c1=O. The van der Waals surface area contributed by atoms with E-state index in [1.165, 1.54) is 20.8 Å². The number of fused-ring (bicyclic) bond motifs is 2. The van der Waals surface area contributed by atoms with Crippen molar-refractivity contribution < 1.29 is 0 Å². The average molecular weight is 367 g/mol. The van der Waals surface area contributed by atoms with Crippen molar-refractivity contribution in [2.45, 2.75) is 25.2 Å². The van der Waals surface area contributed by atoms with Gasteiger partial charge in [-0.25, -0.2) is 14.5 Å². The number of hydrogen-bond acceptors (Lipinski definition) is 5. The van der Waals surface area contributed by atoms with Crippen molar-refractivity contribution in [1.82, 2.24) is 23.7 Å². The molecular weight excluding hydrogens is 350 g/mol. The molecule has 0 saturated carbocycles. The molecule has 26 heavy (non-hydrogen) atoms. The highest BCUT2D eigenvalue weighted by molar-refractivity contribution is 7.99. The van der Waals surface area contributed by atoms with Gasteiger partial charge in [0.05, 0.1) is 17.4 Å². The third-order valence-electron chi connectivity index (χ3n) is 4.17. The number of hydrogen-bond donors (Lipinski definition) is 0. The van der Waals surface area contributed by atoms with E-state index < -0.39 is 0 Å². The molecule has 0 spiro atoms. The monoisotopic (exact) mass is 367 g/mol. The molecule has 4 rings (SSSR count). The molecule has 1 aromatic carbocycles. The van der Waals surface area contributed by atoms with Crippen LogP contribution in [0.25, 0.3) is 16.6 Å². The fraction of sp³-hybridized carbons (Fsp3) is 0.222. The van der Waals surface area contributed by atoms with E-state index in [9.17, 15) is 9.59 Å². The number of thioether (sulfide) groups is 1. The Labute approximate surface area is 152 Å². The van der Waals surface area contributed by atoms with Crippen LogP contribution in [0.4, 0.5) is 0 Å². The Balaban J connectivity index is 1.60. The molecule has 7 nitrogen and oxygen atoms in total. The number of benzene rings is 1. The predicted octanol–water partition coefficient (Wildman–Crippen LogP) is 2.02. The maximum Gasteiger partial charge on any atom is 0.350 e. The summed E-state index contributed by atoms with van der Waals surface area (Å²) in [6.07, 6.45) is 1.70. The minimum Gasteiger partial charge on any atom is -0.287 e. The molecule has 8 heteroatoms. The summed E-state index contributed by atoms with van der Waals surface area (Å²) >= 11 is 1.46. The molecule has 132 valence electrons. The van der Waals surface area contributed by atoms with E-state index in [2.05, 4.69) is 10.1 Å². The van der Waals surface area contributed by atoms with Crippen molar-refractivity contribution in [3.63, 3.8) is 0 Å². The summed E-state index contributed by atoms with van der Waals surface area (Å²) in [7, 11) is 0. The van der Waals surface area contributed by atoms with Gasteiger partial charge in [0.1, 0.15) is 0 Å². The number of rotatable bonds is 5. The van der Waals surface area contributed by atoms with Gasteiger partial charge >= 0.3 is 5.69 Å². The summed E-state index contributed by atoms with van der Waals surface area (Å²) in [5.41, 5.74) is 1.11. The fourth-order valence-electron chi connectivity index (χ4n) is 2.87. The van der Waals surface area contributed by atoms with Gasteiger partial charge in [-0.3, -0.25) is 13.8 Å². The molecule has 0 N–H and O–H groups in total. The van der Waals surface area contributed by atoms with Crippen molar-refractivity contribution in [2.75, 3.05) is 5.75 Å². The van der Waals surface area contributed by atoms with Crippen LogP contribution >= 0.6 is 11.8 Å². The van der Waals surface area contributed by atoms with Crippen LogP contribution in [-0.4, -0.2) is 29.5 Å². The smallest absolute Gasteiger partial charge is 0.287 e. The Bertz CT molecular complexity index is 1210. The van der Waals surface area contributed by atoms with E-state index in [0.717, 1.165) is 0 Å². The van der Waals surface area contributed by atoms with Crippen LogP contribution in [0.1, 0.15) is 6.92 Å². The van der Waals surface area contributed by atoms with E-state index in [1.807, 2.05) is 31.2 Å². The molecule has 0 aliphatic heterocycles. The largest absolute Gasteiger partial charge is 0.350 e. The van der Waals surface area contributed by atoms with Gasteiger partial charge in [0.2, 0.25) is 0 Å². The summed E-state index contributed by atoms with van der Waals surface area (Å²) in [6, 6.07) is 12.8. The van der Waals surface area contributed by atoms with Gasteiger partial charge in [-0.1, -0.05) is 30.0 Å². The van der Waals surface area contributed by atoms with Crippen LogP contribution in [-0.2, 0) is 13.1 Å². The zero-order valence-corrected chi connectivity index (χ0v) is 15.0. The molecule has 0 aliphatic carbocycles. The number of aryl methyl sites for hydroxylation is 1. The highest BCUT2D eigenvalue weighted by atomic mass is 32.2. The third-order valence-corrected chi connectivity index (χ3v) is 5.12. The topological polar surface area (TPSA) is 74.2 Å². The van der Waals surface area contributed by atoms with Crippen LogP contribution in [0.3, 0.4) is 0 Å². The lowest BCUT2D eigenvalue weighted by molar-refractivity contribution is 0.624. The van der Waals surface area contributed by atoms with Gasteiger partial charge in [-0.05, 0) is 31.2 Å². The van der Waals surface area contributed by atoms with Crippen LogP contribution < -0.4 is 11.2 Å². The van der Waals surface area contributed by atoms with Gasteiger partial charge in [0.15, 0.2) is 10.8 Å². The van der Waals surface area contributed by atoms with E-state index in [0.29, 0.717) is 40.5 Å². The molecule has 0 aliphatic rings. The first-order valence-corrected chi connectivity index (χ1v) is 9.34. The molecule has 3 heterocycles. The maximum atomic E-state index is 12.6. The molecule has 0 amide bonds. The molecule has 3 aromatic heterocycles. The summed E-state index contributed by atoms with van der Waals surface area (Å²) in [6.45, 7) is 2.92. The number of nitrogens with zero attached hydrogens (tertiary/aromatic N) is 5. The Kier molecular flexibility index (Phi) is 4.34. The third kappa shape index (κ3) is 2.82. The number of para-hydroxylation sites is 1. The van der Waals surface area contributed by atoms with E-state index in [-0.39, 0.29) is 11.2 Å². The molecule has 0 saturated heterocycles. The van der Waals surface area contributed by atoms with Gasteiger partial charge < -0.3 is 0 Å². The second-order valence-corrected chi connectivity index (χ2v) is 6.81. The maximum absolute atomic E-state index is 12.6. The summed E-state index contributed by atoms with van der Waals surface area (Å²) in [5, 5.41) is 5.60. The van der Waals surface area contributed by atoms with Gasteiger partial charge in [-0.15, -0.1) is 5.10 Å². The fourth-order valence-corrected chi connectivity index (χ4v) is 3.85. The first kappa shape index (κ1) is 16.6. The Morgan fingerprint density at radius 1 is 1.08 bits per heavy atom. The summed E-state index contributed by atoms with van der Waals surface area (Å²) in [5.74, 6) is 0.592. The van der Waals surface area contributed by atoms with Crippen molar-refractivity contribution in [1.29, 1.82) is 0 Å². The molecule has 0 bridgehead atoms. The second-order valence-electron chi connectivity index (χ2n) is 5.74. The molecule has 0 fully saturated rings. The van der Waals surface area contributed by atoms with Gasteiger partial charge in [0.25, 0.3) is 5.56 Å². The number of aromatic nitrogens is 5. The van der Waals surface area contributed by atoms with Crippen LogP contribution in [0.5, 0.6) is 0 Å². The molecular formula is C18H17N5O2S. The highest BCUT2D eigenvalue weighted by Crippen LogP contribution is 2.17. The Hall–Kier alpha value is -2.87. The van der Waals surface area contributed by atoms with Crippen molar-refractivity contribution >= 4 is 28.3 Å². The zero-order valence-electron chi connectivity index (χ0n) is 14.2. The van der Waals surface area contributed by atoms with Gasteiger partial charge in [0, 0.05) is 18.5 Å². The molecule has 0 atom stereocenters. The lowest BCUT2D eigenvalue weighted by Gasteiger charge is -2.10.